The SMILES string of the molecule is COc1ccc(C(=O)N2CCN(c3cccc(C(F)(F)F)c3)CC2)cc1S(=O)(=O)NCc1ccccc1. The number of carbonyl (C=O) groups is 1. The average Bonchev–Trinajstić information content (AvgIpc) is 2.91. The maximum Gasteiger partial charge on any atom is 0.416 e. The van der Waals surface area contributed by atoms with Crippen LogP contribution in [-0.4, -0.2) is 52.5 Å². The molecule has 196 valence electrons. The van der Waals surface area contributed by atoms with Crippen LogP contribution < -0.4 is 14.4 Å². The average molecular weight is 534 g/mol. The zero-order chi connectivity index (χ0) is 26.6. The van der Waals surface area contributed by atoms with Gasteiger partial charge >= 0.3 is 6.18 Å². The minimum Gasteiger partial charge on any atom is -0.495 e. The van der Waals surface area contributed by atoms with E-state index in [9.17, 15) is 26.4 Å². The molecule has 0 radical (unpaired) electrons. The number of benzene rings is 3. The Hall–Kier alpha value is -3.57. The normalized spacial score (nSPS) is 14.5. The van der Waals surface area contributed by atoms with Crippen LogP contribution in [0.4, 0.5) is 18.9 Å². The summed E-state index contributed by atoms with van der Waals surface area (Å²) in [7, 11) is -2.65. The zero-order valence-electron chi connectivity index (χ0n) is 20.0. The van der Waals surface area contributed by atoms with E-state index in [2.05, 4.69) is 4.72 Å². The Morgan fingerprint density at radius 2 is 1.65 bits per heavy atom. The lowest BCUT2D eigenvalue weighted by atomic mass is 10.1. The second-order valence-electron chi connectivity index (χ2n) is 8.50. The number of ether oxygens (including phenoxy) is 1. The van der Waals surface area contributed by atoms with Gasteiger partial charge < -0.3 is 14.5 Å². The minimum absolute atomic E-state index is 0.0714. The summed E-state index contributed by atoms with van der Waals surface area (Å²) in [4.78, 5) is 16.4. The third-order valence-corrected chi connectivity index (χ3v) is 7.54. The van der Waals surface area contributed by atoms with Gasteiger partial charge in [0.15, 0.2) is 0 Å². The summed E-state index contributed by atoms with van der Waals surface area (Å²) in [6.07, 6.45) is -4.43. The van der Waals surface area contributed by atoms with Gasteiger partial charge in [-0.15, -0.1) is 0 Å². The highest BCUT2D eigenvalue weighted by Gasteiger charge is 2.31. The number of hydrogen-bond donors (Lipinski definition) is 1. The molecule has 1 amide bonds. The van der Waals surface area contributed by atoms with E-state index in [4.69, 9.17) is 4.74 Å². The molecule has 3 aromatic carbocycles. The molecule has 11 heteroatoms. The summed E-state index contributed by atoms with van der Waals surface area (Å²) in [5, 5.41) is 0. The fourth-order valence-electron chi connectivity index (χ4n) is 4.10. The molecule has 1 saturated heterocycles. The number of amides is 1. The van der Waals surface area contributed by atoms with Gasteiger partial charge in [-0.3, -0.25) is 4.79 Å². The Kier molecular flexibility index (Phi) is 7.74. The van der Waals surface area contributed by atoms with Crippen molar-refractivity contribution in [3.05, 3.63) is 89.5 Å². The number of piperazine rings is 1. The van der Waals surface area contributed by atoms with Crippen molar-refractivity contribution in [2.75, 3.05) is 38.2 Å². The van der Waals surface area contributed by atoms with E-state index in [0.717, 1.165) is 17.7 Å². The third kappa shape index (κ3) is 6.23. The van der Waals surface area contributed by atoms with Gasteiger partial charge in [-0.1, -0.05) is 36.4 Å². The van der Waals surface area contributed by atoms with Gasteiger partial charge in [0.1, 0.15) is 10.6 Å². The van der Waals surface area contributed by atoms with E-state index in [1.165, 1.54) is 31.4 Å². The number of hydrogen-bond acceptors (Lipinski definition) is 5. The molecule has 3 aromatic rings. The molecule has 1 aliphatic rings. The number of carbonyl (C=O) groups excluding carboxylic acids is 1. The smallest absolute Gasteiger partial charge is 0.416 e. The quantitative estimate of drug-likeness (QED) is 0.494. The number of nitrogens with zero attached hydrogens (tertiary/aromatic N) is 2. The Balaban J connectivity index is 1.47. The van der Waals surface area contributed by atoms with Crippen molar-refractivity contribution < 1.29 is 31.1 Å². The van der Waals surface area contributed by atoms with Crippen LogP contribution in [0, 0.1) is 0 Å². The first-order valence-electron chi connectivity index (χ1n) is 11.5. The number of methoxy groups -OCH3 is 1. The molecule has 37 heavy (non-hydrogen) atoms. The van der Waals surface area contributed by atoms with Crippen molar-refractivity contribution in [3.63, 3.8) is 0 Å². The maximum atomic E-state index is 13.2. The molecule has 0 aromatic heterocycles. The predicted octanol–water partition coefficient (Wildman–Crippen LogP) is 4.15. The molecule has 4 rings (SSSR count). The van der Waals surface area contributed by atoms with Gasteiger partial charge in [0, 0.05) is 44.0 Å². The van der Waals surface area contributed by atoms with Crippen molar-refractivity contribution in [1.82, 2.24) is 9.62 Å². The van der Waals surface area contributed by atoms with Crippen molar-refractivity contribution in [3.8, 4) is 5.75 Å². The molecule has 0 bridgehead atoms. The first kappa shape index (κ1) is 26.5. The van der Waals surface area contributed by atoms with Crippen LogP contribution in [0.15, 0.2) is 77.7 Å². The number of sulfonamides is 1. The van der Waals surface area contributed by atoms with E-state index in [0.29, 0.717) is 18.8 Å². The monoisotopic (exact) mass is 533 g/mol. The van der Waals surface area contributed by atoms with E-state index in [-0.39, 0.29) is 41.7 Å². The van der Waals surface area contributed by atoms with Crippen LogP contribution >= 0.6 is 0 Å². The molecule has 0 spiro atoms. The van der Waals surface area contributed by atoms with Crippen LogP contribution in [0.5, 0.6) is 5.75 Å². The number of alkyl halides is 3. The standard InChI is InChI=1S/C26H26F3N3O4S/c1-36-23-11-10-20(16-24(23)37(34,35)30-18-19-6-3-2-4-7-19)25(33)32-14-12-31(13-15-32)22-9-5-8-21(17-22)26(27,28)29/h2-11,16-17,30H,12-15,18H2,1H3. The largest absolute Gasteiger partial charge is 0.495 e. The van der Waals surface area contributed by atoms with Gasteiger partial charge in [0.25, 0.3) is 5.91 Å². The lowest BCUT2D eigenvalue weighted by molar-refractivity contribution is -0.137. The lowest BCUT2D eigenvalue weighted by Gasteiger charge is -2.36. The number of anilines is 1. The highest BCUT2D eigenvalue weighted by atomic mass is 32.2. The summed E-state index contributed by atoms with van der Waals surface area (Å²) < 4.78 is 73.0. The number of nitrogens with one attached hydrogen (secondary N) is 1. The Morgan fingerprint density at radius 3 is 2.30 bits per heavy atom. The van der Waals surface area contributed by atoms with Crippen molar-refractivity contribution in [2.24, 2.45) is 0 Å². The molecule has 0 atom stereocenters. The van der Waals surface area contributed by atoms with Crippen LogP contribution in [0.1, 0.15) is 21.5 Å². The molecule has 1 N–H and O–H groups in total. The Labute approximate surface area is 213 Å². The predicted molar refractivity (Wildman–Crippen MR) is 133 cm³/mol. The van der Waals surface area contributed by atoms with E-state index >= 15 is 0 Å². The topological polar surface area (TPSA) is 79.0 Å². The van der Waals surface area contributed by atoms with E-state index in [1.807, 2.05) is 6.07 Å². The molecule has 1 fully saturated rings. The lowest BCUT2D eigenvalue weighted by Crippen LogP contribution is -2.48. The van der Waals surface area contributed by atoms with Crippen LogP contribution in [-0.2, 0) is 22.7 Å². The molecule has 1 heterocycles. The van der Waals surface area contributed by atoms with Crippen molar-refractivity contribution in [1.29, 1.82) is 0 Å². The van der Waals surface area contributed by atoms with Crippen molar-refractivity contribution in [2.45, 2.75) is 17.6 Å². The first-order valence-corrected chi connectivity index (χ1v) is 13.0. The summed E-state index contributed by atoms with van der Waals surface area (Å²) in [5.41, 5.74) is 0.657. The minimum atomic E-state index is -4.43. The number of rotatable bonds is 7. The third-order valence-electron chi connectivity index (χ3n) is 6.11. The van der Waals surface area contributed by atoms with Gasteiger partial charge in [-0.2, -0.15) is 13.2 Å². The fraction of sp³-hybridized carbons (Fsp3) is 0.269. The number of halogens is 3. The van der Waals surface area contributed by atoms with Gasteiger partial charge in [0.2, 0.25) is 10.0 Å². The second-order valence-corrected chi connectivity index (χ2v) is 10.2. The molecular weight excluding hydrogens is 507 g/mol. The molecule has 0 unspecified atom stereocenters. The first-order chi connectivity index (χ1) is 17.6. The Morgan fingerprint density at radius 1 is 0.946 bits per heavy atom. The van der Waals surface area contributed by atoms with Crippen LogP contribution in [0.2, 0.25) is 0 Å². The summed E-state index contributed by atoms with van der Waals surface area (Å²) in [6.45, 7) is 1.30. The summed E-state index contributed by atoms with van der Waals surface area (Å²) in [5.74, 6) is -0.266. The van der Waals surface area contributed by atoms with Crippen molar-refractivity contribution >= 4 is 21.6 Å². The highest BCUT2D eigenvalue weighted by Crippen LogP contribution is 2.32. The molecule has 1 aliphatic heterocycles. The van der Waals surface area contributed by atoms with Crippen LogP contribution in [0.25, 0.3) is 0 Å². The van der Waals surface area contributed by atoms with E-state index < -0.39 is 21.8 Å². The molecule has 0 saturated carbocycles. The summed E-state index contributed by atoms with van der Waals surface area (Å²) >= 11 is 0. The van der Waals surface area contributed by atoms with Crippen LogP contribution in [0.3, 0.4) is 0 Å². The molecule has 7 nitrogen and oxygen atoms in total. The zero-order valence-corrected chi connectivity index (χ0v) is 20.8. The van der Waals surface area contributed by atoms with Gasteiger partial charge in [-0.25, -0.2) is 13.1 Å². The van der Waals surface area contributed by atoms with E-state index in [1.54, 1.807) is 40.1 Å². The second kappa shape index (κ2) is 10.8. The molecular formula is C26H26F3N3O4S. The van der Waals surface area contributed by atoms with Gasteiger partial charge in [0.05, 0.1) is 12.7 Å². The maximum absolute atomic E-state index is 13.2. The van der Waals surface area contributed by atoms with Gasteiger partial charge in [-0.05, 0) is 42.0 Å². The Bertz CT molecular complexity index is 1360. The highest BCUT2D eigenvalue weighted by molar-refractivity contribution is 7.89. The fourth-order valence-corrected chi connectivity index (χ4v) is 5.31. The molecule has 0 aliphatic carbocycles. The summed E-state index contributed by atoms with van der Waals surface area (Å²) in [6, 6.07) is 18.3.